The van der Waals surface area contributed by atoms with E-state index in [2.05, 4.69) is 10.6 Å². The molecule has 0 aliphatic rings. The molecule has 21 heavy (non-hydrogen) atoms. The maximum atomic E-state index is 12.0. The average Bonchev–Trinajstić information content (AvgIpc) is 2.51. The monoisotopic (exact) mass is 294 g/mol. The molecular weight excluding hydrogens is 272 g/mol. The first-order valence-electron chi connectivity index (χ1n) is 6.81. The Labute approximate surface area is 124 Å². The van der Waals surface area contributed by atoms with Crippen molar-refractivity contribution in [1.82, 2.24) is 5.32 Å². The highest BCUT2D eigenvalue weighted by Crippen LogP contribution is 2.15. The average molecular weight is 294 g/mol. The van der Waals surface area contributed by atoms with Crippen LogP contribution in [-0.2, 0) is 9.53 Å². The van der Waals surface area contributed by atoms with Crippen molar-refractivity contribution in [3.8, 4) is 5.75 Å². The van der Waals surface area contributed by atoms with Gasteiger partial charge in [0.1, 0.15) is 11.8 Å². The fourth-order valence-electron chi connectivity index (χ4n) is 1.78. The van der Waals surface area contributed by atoms with Crippen LogP contribution >= 0.6 is 0 Å². The molecule has 6 nitrogen and oxygen atoms in total. The Hall–Kier alpha value is -2.24. The number of carbonyl (C=O) groups is 2. The summed E-state index contributed by atoms with van der Waals surface area (Å²) in [7, 11) is 2.88. The quantitative estimate of drug-likeness (QED) is 0.790. The van der Waals surface area contributed by atoms with Gasteiger partial charge in [-0.25, -0.2) is 9.59 Å². The summed E-state index contributed by atoms with van der Waals surface area (Å²) in [6.07, 6.45) is 0.753. The van der Waals surface area contributed by atoms with Crippen molar-refractivity contribution in [2.75, 3.05) is 19.5 Å². The minimum absolute atomic E-state index is 0.0148. The van der Waals surface area contributed by atoms with Crippen molar-refractivity contribution in [1.29, 1.82) is 0 Å². The number of nitrogens with one attached hydrogen (secondary N) is 2. The van der Waals surface area contributed by atoms with E-state index in [4.69, 9.17) is 9.47 Å². The highest BCUT2D eigenvalue weighted by Gasteiger charge is 2.26. The summed E-state index contributed by atoms with van der Waals surface area (Å²) in [4.78, 5) is 23.7. The van der Waals surface area contributed by atoms with E-state index >= 15 is 0 Å². The van der Waals surface area contributed by atoms with Gasteiger partial charge < -0.3 is 20.1 Å². The van der Waals surface area contributed by atoms with Crippen molar-refractivity contribution in [2.24, 2.45) is 5.92 Å². The number of ether oxygens (including phenoxy) is 2. The standard InChI is InChI=1S/C15H22N2O4/c1-5-10(2)13(14(18)21-4)17-15(19)16-11-6-8-12(20-3)9-7-11/h6-10,13H,5H2,1-4H3,(H2,16,17,19)/t10?,13-/m1/s1. The summed E-state index contributed by atoms with van der Waals surface area (Å²) >= 11 is 0. The third-order valence-electron chi connectivity index (χ3n) is 3.30. The van der Waals surface area contributed by atoms with Crippen LogP contribution in [0.4, 0.5) is 10.5 Å². The topological polar surface area (TPSA) is 76.7 Å². The molecule has 2 atom stereocenters. The second-order valence-corrected chi connectivity index (χ2v) is 4.71. The van der Waals surface area contributed by atoms with Crippen LogP contribution in [0.25, 0.3) is 0 Å². The molecule has 0 fully saturated rings. The molecular formula is C15H22N2O4. The van der Waals surface area contributed by atoms with Gasteiger partial charge in [-0.2, -0.15) is 0 Å². The number of rotatable bonds is 6. The van der Waals surface area contributed by atoms with Crippen LogP contribution in [0.2, 0.25) is 0 Å². The van der Waals surface area contributed by atoms with Crippen molar-refractivity contribution in [3.63, 3.8) is 0 Å². The molecule has 2 amide bonds. The lowest BCUT2D eigenvalue weighted by molar-refractivity contribution is -0.144. The molecule has 0 radical (unpaired) electrons. The maximum absolute atomic E-state index is 12.0. The van der Waals surface area contributed by atoms with E-state index < -0.39 is 18.0 Å². The first kappa shape index (κ1) is 16.8. The van der Waals surface area contributed by atoms with Gasteiger partial charge in [0, 0.05) is 5.69 Å². The highest BCUT2D eigenvalue weighted by atomic mass is 16.5. The van der Waals surface area contributed by atoms with Gasteiger partial charge in [0.05, 0.1) is 14.2 Å². The molecule has 0 aliphatic carbocycles. The van der Waals surface area contributed by atoms with Gasteiger partial charge in [0.2, 0.25) is 0 Å². The lowest BCUT2D eigenvalue weighted by Gasteiger charge is -2.22. The largest absolute Gasteiger partial charge is 0.497 e. The smallest absolute Gasteiger partial charge is 0.328 e. The minimum Gasteiger partial charge on any atom is -0.497 e. The molecule has 1 unspecified atom stereocenters. The van der Waals surface area contributed by atoms with Crippen LogP contribution in [0.3, 0.4) is 0 Å². The highest BCUT2D eigenvalue weighted by molar-refractivity contribution is 5.92. The Morgan fingerprint density at radius 3 is 2.29 bits per heavy atom. The number of methoxy groups -OCH3 is 2. The summed E-state index contributed by atoms with van der Waals surface area (Å²) in [5, 5.41) is 5.31. The van der Waals surface area contributed by atoms with E-state index in [1.54, 1.807) is 31.4 Å². The summed E-state index contributed by atoms with van der Waals surface area (Å²) in [5.74, 6) is 0.237. The molecule has 2 N–H and O–H groups in total. The van der Waals surface area contributed by atoms with Crippen LogP contribution in [0.1, 0.15) is 20.3 Å². The number of benzene rings is 1. The summed E-state index contributed by atoms with van der Waals surface area (Å²) < 4.78 is 9.76. The lowest BCUT2D eigenvalue weighted by Crippen LogP contribution is -2.47. The Morgan fingerprint density at radius 1 is 1.19 bits per heavy atom. The fourth-order valence-corrected chi connectivity index (χ4v) is 1.78. The van der Waals surface area contributed by atoms with Gasteiger partial charge in [-0.1, -0.05) is 20.3 Å². The maximum Gasteiger partial charge on any atom is 0.328 e. The molecule has 6 heteroatoms. The Morgan fingerprint density at radius 2 is 1.81 bits per heavy atom. The summed E-state index contributed by atoms with van der Waals surface area (Å²) in [5.41, 5.74) is 0.612. The molecule has 0 spiro atoms. The summed E-state index contributed by atoms with van der Waals surface area (Å²) in [6.45, 7) is 3.83. The number of urea groups is 1. The van der Waals surface area contributed by atoms with E-state index in [1.807, 2.05) is 13.8 Å². The molecule has 1 aromatic carbocycles. The normalized spacial score (nSPS) is 13.0. The molecule has 0 saturated heterocycles. The van der Waals surface area contributed by atoms with E-state index in [-0.39, 0.29) is 5.92 Å². The molecule has 0 bridgehead atoms. The van der Waals surface area contributed by atoms with Gasteiger partial charge in [-0.05, 0) is 30.2 Å². The Balaban J connectivity index is 2.66. The van der Waals surface area contributed by atoms with E-state index in [9.17, 15) is 9.59 Å². The van der Waals surface area contributed by atoms with Crippen LogP contribution < -0.4 is 15.4 Å². The zero-order chi connectivity index (χ0) is 15.8. The van der Waals surface area contributed by atoms with Crippen molar-refractivity contribution in [3.05, 3.63) is 24.3 Å². The zero-order valence-corrected chi connectivity index (χ0v) is 12.8. The predicted octanol–water partition coefficient (Wildman–Crippen LogP) is 2.40. The van der Waals surface area contributed by atoms with Crippen molar-refractivity contribution in [2.45, 2.75) is 26.3 Å². The Kier molecular flexibility index (Phi) is 6.52. The second-order valence-electron chi connectivity index (χ2n) is 4.71. The van der Waals surface area contributed by atoms with E-state index in [1.165, 1.54) is 7.11 Å². The SMILES string of the molecule is CCC(C)[C@@H](NC(=O)Nc1ccc(OC)cc1)C(=O)OC. The first-order chi connectivity index (χ1) is 10.0. The van der Waals surface area contributed by atoms with Gasteiger partial charge in [0.15, 0.2) is 0 Å². The van der Waals surface area contributed by atoms with Gasteiger partial charge in [0.25, 0.3) is 0 Å². The molecule has 0 heterocycles. The third-order valence-corrected chi connectivity index (χ3v) is 3.30. The predicted molar refractivity (Wildman–Crippen MR) is 80.4 cm³/mol. The minimum atomic E-state index is -0.668. The molecule has 0 saturated carbocycles. The van der Waals surface area contributed by atoms with Crippen LogP contribution in [0.15, 0.2) is 24.3 Å². The van der Waals surface area contributed by atoms with Crippen molar-refractivity contribution >= 4 is 17.7 Å². The van der Waals surface area contributed by atoms with Gasteiger partial charge in [-0.3, -0.25) is 0 Å². The summed E-state index contributed by atoms with van der Waals surface area (Å²) in [6, 6.07) is 5.79. The second kappa shape index (κ2) is 8.14. The van der Waals surface area contributed by atoms with E-state index in [0.29, 0.717) is 11.4 Å². The number of hydrogen-bond acceptors (Lipinski definition) is 4. The van der Waals surface area contributed by atoms with Crippen LogP contribution in [-0.4, -0.2) is 32.3 Å². The molecule has 0 aromatic heterocycles. The van der Waals surface area contributed by atoms with Gasteiger partial charge >= 0.3 is 12.0 Å². The third kappa shape index (κ3) is 4.98. The number of esters is 1. The number of carbonyl (C=O) groups excluding carboxylic acids is 2. The van der Waals surface area contributed by atoms with Crippen LogP contribution in [0.5, 0.6) is 5.75 Å². The first-order valence-corrected chi connectivity index (χ1v) is 6.81. The molecule has 116 valence electrons. The van der Waals surface area contributed by atoms with Gasteiger partial charge in [-0.15, -0.1) is 0 Å². The van der Waals surface area contributed by atoms with Crippen LogP contribution in [0, 0.1) is 5.92 Å². The molecule has 0 aliphatic heterocycles. The fraction of sp³-hybridized carbons (Fsp3) is 0.467. The number of hydrogen-bond donors (Lipinski definition) is 2. The number of amides is 2. The molecule has 1 aromatic rings. The zero-order valence-electron chi connectivity index (χ0n) is 12.8. The van der Waals surface area contributed by atoms with E-state index in [0.717, 1.165) is 6.42 Å². The number of anilines is 1. The lowest BCUT2D eigenvalue weighted by atomic mass is 9.99. The molecule has 1 rings (SSSR count). The Bertz CT molecular complexity index is 473. The van der Waals surface area contributed by atoms with Crippen molar-refractivity contribution < 1.29 is 19.1 Å².